The molecule has 0 unspecified atom stereocenters. The lowest BCUT2D eigenvalue weighted by Gasteiger charge is -2.18. The summed E-state index contributed by atoms with van der Waals surface area (Å²) in [7, 11) is 0. The van der Waals surface area contributed by atoms with Gasteiger partial charge in [-0.25, -0.2) is 0 Å². The van der Waals surface area contributed by atoms with Crippen LogP contribution in [0.4, 0.5) is 0 Å². The second-order valence-corrected chi connectivity index (χ2v) is 4.26. The summed E-state index contributed by atoms with van der Waals surface area (Å²) in [5.41, 5.74) is 0.825. The Morgan fingerprint density at radius 2 is 1.76 bits per heavy atom. The van der Waals surface area contributed by atoms with Crippen LogP contribution in [0.1, 0.15) is 18.6 Å². The molecule has 0 heterocycles. The predicted molar refractivity (Wildman–Crippen MR) is 69.9 cm³/mol. The van der Waals surface area contributed by atoms with Crippen LogP contribution in [0.3, 0.4) is 0 Å². The van der Waals surface area contributed by atoms with Crippen LogP contribution in [0.2, 0.25) is 0 Å². The van der Waals surface area contributed by atoms with Gasteiger partial charge in [0.2, 0.25) is 0 Å². The van der Waals surface area contributed by atoms with E-state index >= 15 is 0 Å². The minimum atomic E-state index is -0.599. The molecule has 88 valence electrons. The Balaban J connectivity index is 2.62. The van der Waals surface area contributed by atoms with Gasteiger partial charge in [0.25, 0.3) is 0 Å². The van der Waals surface area contributed by atoms with Crippen molar-refractivity contribution in [1.29, 1.82) is 0 Å². The third kappa shape index (κ3) is 2.04. The van der Waals surface area contributed by atoms with E-state index in [1.54, 1.807) is 18.2 Å². The summed E-state index contributed by atoms with van der Waals surface area (Å²) in [6.07, 6.45) is 1.13. The predicted octanol–water partition coefficient (Wildman–Crippen LogP) is 3.40. The number of hydrogen-bond acceptors (Lipinski definition) is 2. The molecule has 0 aliphatic rings. The van der Waals surface area contributed by atoms with Crippen LogP contribution in [-0.4, -0.2) is 10.2 Å². The maximum atomic E-state index is 10.2. The van der Waals surface area contributed by atoms with Crippen LogP contribution >= 0.6 is 0 Å². The maximum Gasteiger partial charge on any atom is 0.123 e. The minimum absolute atomic E-state index is 0.0250. The minimum Gasteiger partial charge on any atom is -0.507 e. The molecule has 0 saturated carbocycles. The van der Waals surface area contributed by atoms with Gasteiger partial charge in [-0.2, -0.15) is 0 Å². The Kier molecular flexibility index (Phi) is 3.16. The monoisotopic (exact) mass is 228 g/mol. The highest BCUT2D eigenvalue weighted by Crippen LogP contribution is 2.33. The zero-order valence-corrected chi connectivity index (χ0v) is 9.80. The van der Waals surface area contributed by atoms with Crippen molar-refractivity contribution in [2.75, 3.05) is 0 Å². The van der Waals surface area contributed by atoms with E-state index in [2.05, 4.69) is 6.58 Å². The number of fused-ring (bicyclic) bond motifs is 1. The first-order chi connectivity index (χ1) is 8.15. The molecule has 0 fully saturated rings. The Labute approximate surface area is 101 Å². The fourth-order valence-electron chi connectivity index (χ4n) is 1.98. The lowest BCUT2D eigenvalue weighted by Crippen LogP contribution is -2.06. The Bertz CT molecular complexity index is 546. The first kappa shape index (κ1) is 11.7. The van der Waals surface area contributed by atoms with Crippen LogP contribution in [0.15, 0.2) is 49.1 Å². The van der Waals surface area contributed by atoms with Crippen LogP contribution in [0, 0.1) is 5.92 Å². The third-order valence-electron chi connectivity index (χ3n) is 3.12. The second kappa shape index (κ2) is 4.60. The fourth-order valence-corrected chi connectivity index (χ4v) is 1.98. The van der Waals surface area contributed by atoms with Gasteiger partial charge in [-0.05, 0) is 17.0 Å². The molecule has 2 aromatic carbocycles. The topological polar surface area (TPSA) is 40.5 Å². The zero-order valence-electron chi connectivity index (χ0n) is 9.80. The van der Waals surface area contributed by atoms with E-state index in [0.717, 1.165) is 16.3 Å². The quantitative estimate of drug-likeness (QED) is 0.790. The van der Waals surface area contributed by atoms with Gasteiger partial charge in [-0.1, -0.05) is 43.3 Å². The molecule has 2 rings (SSSR count). The highest BCUT2D eigenvalue weighted by Gasteiger charge is 2.16. The van der Waals surface area contributed by atoms with Crippen molar-refractivity contribution in [1.82, 2.24) is 0 Å². The second-order valence-electron chi connectivity index (χ2n) is 4.26. The van der Waals surface area contributed by atoms with Crippen LogP contribution in [0.5, 0.6) is 5.75 Å². The smallest absolute Gasteiger partial charge is 0.123 e. The van der Waals surface area contributed by atoms with Gasteiger partial charge in [-0.3, -0.25) is 0 Å². The summed E-state index contributed by atoms with van der Waals surface area (Å²) in [4.78, 5) is 0. The molecule has 0 bridgehead atoms. The third-order valence-corrected chi connectivity index (χ3v) is 3.12. The van der Waals surface area contributed by atoms with Gasteiger partial charge in [0.1, 0.15) is 5.75 Å². The Hall–Kier alpha value is -1.80. The van der Waals surface area contributed by atoms with E-state index in [0.29, 0.717) is 0 Å². The van der Waals surface area contributed by atoms with Gasteiger partial charge >= 0.3 is 0 Å². The molecule has 2 heteroatoms. The number of hydrogen-bond donors (Lipinski definition) is 2. The van der Waals surface area contributed by atoms with Crippen molar-refractivity contribution < 1.29 is 10.2 Å². The van der Waals surface area contributed by atoms with E-state index in [1.165, 1.54) is 0 Å². The molecule has 0 saturated heterocycles. The average Bonchev–Trinajstić information content (AvgIpc) is 2.38. The Morgan fingerprint density at radius 3 is 2.41 bits per heavy atom. The van der Waals surface area contributed by atoms with Crippen LogP contribution in [-0.2, 0) is 0 Å². The molecule has 17 heavy (non-hydrogen) atoms. The van der Waals surface area contributed by atoms with Crippen molar-refractivity contribution in [2.45, 2.75) is 13.0 Å². The van der Waals surface area contributed by atoms with Gasteiger partial charge in [0, 0.05) is 11.3 Å². The molecular weight excluding hydrogens is 212 g/mol. The molecule has 0 radical (unpaired) electrons. The molecular formula is C15H16O2. The van der Waals surface area contributed by atoms with Gasteiger partial charge < -0.3 is 10.2 Å². The molecule has 0 aliphatic carbocycles. The van der Waals surface area contributed by atoms with Gasteiger partial charge in [-0.15, -0.1) is 6.58 Å². The zero-order chi connectivity index (χ0) is 12.4. The largest absolute Gasteiger partial charge is 0.507 e. The Morgan fingerprint density at radius 1 is 1.12 bits per heavy atom. The SMILES string of the molecule is C=C[C@@H](C)[C@@H](O)c1ccc(O)c2ccccc12. The van der Waals surface area contributed by atoms with Crippen LogP contribution in [0.25, 0.3) is 10.8 Å². The first-order valence-corrected chi connectivity index (χ1v) is 5.66. The number of phenols is 1. The van der Waals surface area contributed by atoms with Crippen molar-refractivity contribution in [3.63, 3.8) is 0 Å². The summed E-state index contributed by atoms with van der Waals surface area (Å²) < 4.78 is 0. The van der Waals surface area contributed by atoms with E-state index in [9.17, 15) is 10.2 Å². The van der Waals surface area contributed by atoms with Crippen molar-refractivity contribution >= 4 is 10.8 Å². The number of rotatable bonds is 3. The van der Waals surface area contributed by atoms with Crippen molar-refractivity contribution in [3.05, 3.63) is 54.6 Å². The molecule has 0 amide bonds. The molecule has 2 N–H and O–H groups in total. The summed E-state index contributed by atoms with van der Waals surface area (Å²) in [5.74, 6) is 0.214. The molecule has 0 aliphatic heterocycles. The summed E-state index contributed by atoms with van der Waals surface area (Å²) in [6, 6.07) is 10.9. The van der Waals surface area contributed by atoms with Gasteiger partial charge in [0.15, 0.2) is 0 Å². The van der Waals surface area contributed by atoms with Crippen molar-refractivity contribution in [3.8, 4) is 5.75 Å². The van der Waals surface area contributed by atoms with Gasteiger partial charge in [0.05, 0.1) is 6.10 Å². The lowest BCUT2D eigenvalue weighted by molar-refractivity contribution is 0.141. The summed E-state index contributed by atoms with van der Waals surface area (Å²) in [6.45, 7) is 5.61. The molecule has 2 atom stereocenters. The van der Waals surface area contributed by atoms with Crippen LogP contribution < -0.4 is 0 Å². The fraction of sp³-hybridized carbons (Fsp3) is 0.200. The number of aromatic hydroxyl groups is 1. The number of phenolic OH excluding ortho intramolecular Hbond substituents is 1. The van der Waals surface area contributed by atoms with E-state index in [1.807, 2.05) is 31.2 Å². The first-order valence-electron chi connectivity index (χ1n) is 5.66. The number of aliphatic hydroxyl groups is 1. The molecule has 2 aromatic rings. The molecule has 0 spiro atoms. The standard InChI is InChI=1S/C15H16O2/c1-3-10(2)15(17)13-8-9-14(16)12-7-5-4-6-11(12)13/h3-10,15-17H,1H2,2H3/t10-,15-/m1/s1. The summed E-state index contributed by atoms with van der Waals surface area (Å²) >= 11 is 0. The van der Waals surface area contributed by atoms with E-state index < -0.39 is 6.10 Å². The highest BCUT2D eigenvalue weighted by molar-refractivity contribution is 5.91. The number of aliphatic hydroxyl groups excluding tert-OH is 1. The lowest BCUT2D eigenvalue weighted by atomic mass is 9.93. The molecule has 2 nitrogen and oxygen atoms in total. The molecule has 0 aromatic heterocycles. The van der Waals surface area contributed by atoms with E-state index in [4.69, 9.17) is 0 Å². The van der Waals surface area contributed by atoms with E-state index in [-0.39, 0.29) is 11.7 Å². The van der Waals surface area contributed by atoms with Crippen molar-refractivity contribution in [2.24, 2.45) is 5.92 Å². The maximum absolute atomic E-state index is 10.2. The number of benzene rings is 2. The highest BCUT2D eigenvalue weighted by atomic mass is 16.3. The normalized spacial score (nSPS) is 14.5. The average molecular weight is 228 g/mol. The summed E-state index contributed by atoms with van der Waals surface area (Å²) in [5, 5.41) is 21.6.